The summed E-state index contributed by atoms with van der Waals surface area (Å²) in [7, 11) is 1.70. The minimum atomic E-state index is 0.104. The lowest BCUT2D eigenvalue weighted by Crippen LogP contribution is -2.35. The van der Waals surface area contributed by atoms with Crippen LogP contribution in [0.15, 0.2) is 0 Å². The van der Waals surface area contributed by atoms with Crippen molar-refractivity contribution in [3.63, 3.8) is 0 Å². The zero-order valence-corrected chi connectivity index (χ0v) is 13.5. The van der Waals surface area contributed by atoms with Gasteiger partial charge in [0.15, 0.2) is 0 Å². The average molecular weight is 286 g/mol. The van der Waals surface area contributed by atoms with E-state index in [1.54, 1.807) is 18.4 Å². The fourth-order valence-corrected chi connectivity index (χ4v) is 2.48. The fraction of sp³-hybridized carbons (Fsp3) is 0.786. The van der Waals surface area contributed by atoms with E-state index in [0.717, 1.165) is 30.3 Å². The van der Waals surface area contributed by atoms with Gasteiger partial charge in [-0.15, -0.1) is 11.3 Å². The lowest BCUT2D eigenvalue weighted by molar-refractivity contribution is 0.120. The van der Waals surface area contributed by atoms with E-state index in [4.69, 9.17) is 9.47 Å². The summed E-state index contributed by atoms with van der Waals surface area (Å²) in [6, 6.07) is 0. The second kappa shape index (κ2) is 7.94. The van der Waals surface area contributed by atoms with E-state index in [9.17, 15) is 0 Å². The van der Waals surface area contributed by atoms with Crippen molar-refractivity contribution in [1.82, 2.24) is 10.3 Å². The Bertz CT molecular complexity index is 372. The number of thiazole rings is 1. The lowest BCUT2D eigenvalue weighted by Gasteiger charge is -2.20. The first-order valence-corrected chi connectivity index (χ1v) is 7.57. The van der Waals surface area contributed by atoms with Gasteiger partial charge in [-0.1, -0.05) is 6.92 Å². The van der Waals surface area contributed by atoms with Crippen LogP contribution in [0.5, 0.6) is 0 Å². The number of hydrogen-bond donors (Lipinski definition) is 1. The Morgan fingerprint density at radius 1 is 1.26 bits per heavy atom. The molecule has 0 fully saturated rings. The first kappa shape index (κ1) is 16.6. The molecule has 0 unspecified atom stereocenters. The predicted molar refractivity (Wildman–Crippen MR) is 79.4 cm³/mol. The molecule has 19 heavy (non-hydrogen) atoms. The van der Waals surface area contributed by atoms with E-state index in [1.165, 1.54) is 4.88 Å². The molecule has 1 aromatic rings. The number of methoxy groups -OCH3 is 1. The molecule has 1 rings (SSSR count). The Morgan fingerprint density at radius 3 is 2.58 bits per heavy atom. The normalized spacial score (nSPS) is 12.1. The summed E-state index contributed by atoms with van der Waals surface area (Å²) in [6.45, 7) is 11.4. The summed E-state index contributed by atoms with van der Waals surface area (Å²) in [5.74, 6) is 0. The molecular formula is C14H26N2O2S. The van der Waals surface area contributed by atoms with Crippen LogP contribution in [-0.2, 0) is 29.2 Å². The van der Waals surface area contributed by atoms with Crippen LogP contribution in [-0.4, -0.2) is 24.2 Å². The maximum absolute atomic E-state index is 5.55. The van der Waals surface area contributed by atoms with Gasteiger partial charge in [0.25, 0.3) is 0 Å². The van der Waals surface area contributed by atoms with Gasteiger partial charge in [0.2, 0.25) is 0 Å². The lowest BCUT2D eigenvalue weighted by atomic mass is 10.1. The molecule has 0 bridgehead atoms. The van der Waals surface area contributed by atoms with Crippen LogP contribution in [0, 0.1) is 0 Å². The van der Waals surface area contributed by atoms with Gasteiger partial charge in [0.1, 0.15) is 5.01 Å². The average Bonchev–Trinajstić information content (AvgIpc) is 2.69. The van der Waals surface area contributed by atoms with Crippen LogP contribution in [0.3, 0.4) is 0 Å². The molecule has 0 saturated heterocycles. The van der Waals surface area contributed by atoms with Gasteiger partial charge in [-0.3, -0.25) is 0 Å². The molecule has 0 aliphatic heterocycles. The summed E-state index contributed by atoms with van der Waals surface area (Å²) in [5.41, 5.74) is 1.13. The highest BCUT2D eigenvalue weighted by molar-refractivity contribution is 7.11. The summed E-state index contributed by atoms with van der Waals surface area (Å²) >= 11 is 1.71. The summed E-state index contributed by atoms with van der Waals surface area (Å²) in [6.07, 6.45) is 1.04. The summed E-state index contributed by atoms with van der Waals surface area (Å²) in [5, 5.41) is 4.53. The molecule has 0 aromatic carbocycles. The van der Waals surface area contributed by atoms with Gasteiger partial charge < -0.3 is 14.8 Å². The third-order valence-electron chi connectivity index (χ3n) is 2.46. The molecule has 1 aromatic heterocycles. The molecule has 4 nitrogen and oxygen atoms in total. The maximum atomic E-state index is 5.55. The molecule has 0 amide bonds. The van der Waals surface area contributed by atoms with Crippen molar-refractivity contribution < 1.29 is 9.47 Å². The first-order chi connectivity index (χ1) is 8.96. The maximum Gasteiger partial charge on any atom is 0.119 e. The van der Waals surface area contributed by atoms with Gasteiger partial charge in [0, 0.05) is 30.7 Å². The van der Waals surface area contributed by atoms with Crippen molar-refractivity contribution in [2.75, 3.05) is 13.7 Å². The van der Waals surface area contributed by atoms with Crippen LogP contribution in [0.2, 0.25) is 0 Å². The summed E-state index contributed by atoms with van der Waals surface area (Å²) < 4.78 is 10.8. The molecule has 110 valence electrons. The van der Waals surface area contributed by atoms with Crippen LogP contribution in [0.4, 0.5) is 0 Å². The highest BCUT2D eigenvalue weighted by atomic mass is 32.1. The SMILES string of the molecule is CCCOCc1nc(COC)c(CNC(C)(C)C)s1. The fourth-order valence-electron chi connectivity index (χ4n) is 1.54. The molecular weight excluding hydrogens is 260 g/mol. The van der Waals surface area contributed by atoms with Crippen molar-refractivity contribution in [1.29, 1.82) is 0 Å². The van der Waals surface area contributed by atoms with E-state index >= 15 is 0 Å². The van der Waals surface area contributed by atoms with E-state index in [2.05, 4.69) is 38.0 Å². The Hall–Kier alpha value is -0.490. The van der Waals surface area contributed by atoms with E-state index in [1.807, 2.05) is 0 Å². The largest absolute Gasteiger partial charge is 0.378 e. The molecule has 0 radical (unpaired) electrons. The van der Waals surface area contributed by atoms with Gasteiger partial charge in [0.05, 0.1) is 18.9 Å². The quantitative estimate of drug-likeness (QED) is 0.746. The molecule has 1 N–H and O–H groups in total. The highest BCUT2D eigenvalue weighted by Gasteiger charge is 2.14. The van der Waals surface area contributed by atoms with E-state index in [0.29, 0.717) is 13.2 Å². The molecule has 0 saturated carbocycles. The number of rotatable bonds is 8. The van der Waals surface area contributed by atoms with Crippen molar-refractivity contribution >= 4 is 11.3 Å². The Labute approximate surface area is 120 Å². The number of nitrogens with one attached hydrogen (secondary N) is 1. The van der Waals surface area contributed by atoms with Gasteiger partial charge in [-0.05, 0) is 27.2 Å². The van der Waals surface area contributed by atoms with Crippen LogP contribution in [0.1, 0.15) is 49.7 Å². The molecule has 0 spiro atoms. The van der Waals surface area contributed by atoms with Crippen molar-refractivity contribution in [3.05, 3.63) is 15.6 Å². The van der Waals surface area contributed by atoms with Crippen molar-refractivity contribution in [3.8, 4) is 0 Å². The Kier molecular flexibility index (Phi) is 6.93. The van der Waals surface area contributed by atoms with Gasteiger partial charge in [-0.25, -0.2) is 4.98 Å². The van der Waals surface area contributed by atoms with Gasteiger partial charge in [-0.2, -0.15) is 0 Å². The Balaban J connectivity index is 2.65. The smallest absolute Gasteiger partial charge is 0.119 e. The van der Waals surface area contributed by atoms with E-state index in [-0.39, 0.29) is 5.54 Å². The Morgan fingerprint density at radius 2 is 2.00 bits per heavy atom. The second-order valence-electron chi connectivity index (χ2n) is 5.57. The van der Waals surface area contributed by atoms with Crippen LogP contribution >= 0.6 is 11.3 Å². The molecule has 0 atom stereocenters. The highest BCUT2D eigenvalue weighted by Crippen LogP contribution is 2.21. The van der Waals surface area contributed by atoms with Crippen molar-refractivity contribution in [2.24, 2.45) is 0 Å². The minimum absolute atomic E-state index is 0.104. The zero-order chi connectivity index (χ0) is 14.3. The van der Waals surface area contributed by atoms with Crippen LogP contribution in [0.25, 0.3) is 0 Å². The second-order valence-corrected chi connectivity index (χ2v) is 6.73. The van der Waals surface area contributed by atoms with Crippen LogP contribution < -0.4 is 5.32 Å². The number of aromatic nitrogens is 1. The van der Waals surface area contributed by atoms with Gasteiger partial charge >= 0.3 is 0 Å². The first-order valence-electron chi connectivity index (χ1n) is 6.75. The summed E-state index contributed by atoms with van der Waals surface area (Å²) in [4.78, 5) is 5.84. The topological polar surface area (TPSA) is 43.4 Å². The third kappa shape index (κ3) is 6.47. The standard InChI is InChI=1S/C14H26N2O2S/c1-6-7-18-10-13-16-11(9-17-5)12(19-13)8-15-14(2,3)4/h15H,6-10H2,1-5H3. The molecule has 0 aliphatic rings. The molecule has 0 aliphatic carbocycles. The molecule has 1 heterocycles. The third-order valence-corrected chi connectivity index (χ3v) is 3.53. The number of nitrogens with zero attached hydrogens (tertiary/aromatic N) is 1. The number of hydrogen-bond acceptors (Lipinski definition) is 5. The van der Waals surface area contributed by atoms with E-state index < -0.39 is 0 Å². The monoisotopic (exact) mass is 286 g/mol. The number of ether oxygens (including phenoxy) is 2. The predicted octanol–water partition coefficient (Wildman–Crippen LogP) is 3.10. The zero-order valence-electron chi connectivity index (χ0n) is 12.7. The minimum Gasteiger partial charge on any atom is -0.378 e. The molecule has 5 heteroatoms. The van der Waals surface area contributed by atoms with Crippen molar-refractivity contribution in [2.45, 2.75) is 59.4 Å².